The molecule has 3 heterocycles. The summed E-state index contributed by atoms with van der Waals surface area (Å²) in [6, 6.07) is -0.998. The van der Waals surface area contributed by atoms with Gasteiger partial charge in [0.05, 0.1) is 38.6 Å². The first-order chi connectivity index (χ1) is 47.3. The Bertz CT molecular complexity index is 2130. The van der Waals surface area contributed by atoms with Crippen molar-refractivity contribution in [3.63, 3.8) is 0 Å². The van der Waals surface area contributed by atoms with E-state index in [4.69, 9.17) is 28.4 Å². The van der Waals surface area contributed by atoms with Gasteiger partial charge in [-0.2, -0.15) is 0 Å². The zero-order chi connectivity index (χ0) is 70.4. The average molecular weight is 1370 g/mol. The number of ether oxygens (including phenoxy) is 6. The third-order valence-corrected chi connectivity index (χ3v) is 18.3. The van der Waals surface area contributed by atoms with Crippen LogP contribution < -0.4 is 5.32 Å². The predicted octanol–water partition coefficient (Wildman–Crippen LogP) is 11.6. The van der Waals surface area contributed by atoms with E-state index in [0.717, 1.165) is 77.0 Å². The van der Waals surface area contributed by atoms with Gasteiger partial charge in [0.15, 0.2) is 18.9 Å². The van der Waals surface area contributed by atoms with Crippen LogP contribution in [-0.2, 0) is 33.2 Å². The molecule has 12 N–H and O–H groups in total. The quantitative estimate of drug-likeness (QED) is 0.0199. The van der Waals surface area contributed by atoms with Crippen LogP contribution in [0.25, 0.3) is 0 Å². The van der Waals surface area contributed by atoms with Crippen molar-refractivity contribution in [1.82, 2.24) is 5.32 Å². The molecule has 0 radical (unpaired) electrons. The number of unbranched alkanes of at least 4 members (excludes halogenated alkanes) is 28. The van der Waals surface area contributed by atoms with Crippen molar-refractivity contribution in [3.05, 3.63) is 97.2 Å². The van der Waals surface area contributed by atoms with Crippen molar-refractivity contribution in [3.8, 4) is 0 Å². The highest BCUT2D eigenvalue weighted by Gasteiger charge is 2.53. The molecule has 0 saturated carbocycles. The SMILES string of the molecule is CC/C=C\C/C=C\C/C=C\C/C=C\C/C=C\CCCCCCCCCCCCCCCCCCCCCCCCCC(=O)NC(COC1OC(CO)C(OC2OC(CO)C(OC3OC(CO)C(O)C(O)C3O)C(O)C2O)C(O)C1O)C(O)/C=C/CC/C=C/CC/C=C/CCCCC. The lowest BCUT2D eigenvalue weighted by Gasteiger charge is -2.48. The number of rotatable bonds is 58. The largest absolute Gasteiger partial charge is 0.394 e. The number of amides is 1. The van der Waals surface area contributed by atoms with Crippen LogP contribution in [-0.4, -0.2) is 193 Å². The number of nitrogens with one attached hydrogen (secondary N) is 1. The zero-order valence-electron chi connectivity index (χ0n) is 59.5. The van der Waals surface area contributed by atoms with E-state index in [1.807, 2.05) is 6.08 Å². The van der Waals surface area contributed by atoms with Gasteiger partial charge in [0.1, 0.15) is 73.2 Å². The van der Waals surface area contributed by atoms with Crippen LogP contribution in [0.4, 0.5) is 0 Å². The first-order valence-electron chi connectivity index (χ1n) is 38.0. The van der Waals surface area contributed by atoms with E-state index in [9.17, 15) is 61.0 Å². The molecule has 0 aliphatic carbocycles. The normalized spacial score (nSPS) is 27.5. The Hall–Kier alpha value is -3.29. The second-order valence-electron chi connectivity index (χ2n) is 26.7. The topological polar surface area (TPSA) is 307 Å². The first-order valence-corrected chi connectivity index (χ1v) is 38.0. The van der Waals surface area contributed by atoms with Gasteiger partial charge in [-0.15, -0.1) is 0 Å². The van der Waals surface area contributed by atoms with Crippen molar-refractivity contribution in [1.29, 1.82) is 0 Å². The smallest absolute Gasteiger partial charge is 0.220 e. The number of hydrogen-bond donors (Lipinski definition) is 12. The lowest BCUT2D eigenvalue weighted by atomic mass is 9.96. The highest BCUT2D eigenvalue weighted by Crippen LogP contribution is 2.33. The minimum atomic E-state index is -1.98. The van der Waals surface area contributed by atoms with Crippen LogP contribution in [0.2, 0.25) is 0 Å². The van der Waals surface area contributed by atoms with Crippen molar-refractivity contribution in [2.45, 2.75) is 362 Å². The fraction of sp³-hybridized carbons (Fsp3) is 0.782. The van der Waals surface area contributed by atoms with Crippen LogP contribution >= 0.6 is 0 Å². The summed E-state index contributed by atoms with van der Waals surface area (Å²) in [5, 5.41) is 120. The molecule has 3 fully saturated rings. The number of hydrogen-bond acceptors (Lipinski definition) is 18. The third kappa shape index (κ3) is 39.1. The molecule has 0 bridgehead atoms. The van der Waals surface area contributed by atoms with E-state index in [1.165, 1.54) is 148 Å². The molecule has 17 atom stereocenters. The Kier molecular flexibility index (Phi) is 52.8. The lowest BCUT2D eigenvalue weighted by Crippen LogP contribution is -2.66. The monoisotopic (exact) mass is 1370 g/mol. The van der Waals surface area contributed by atoms with E-state index in [0.29, 0.717) is 12.8 Å². The molecule has 0 aromatic rings. The summed E-state index contributed by atoms with van der Waals surface area (Å²) < 4.78 is 34.3. The molecule has 560 valence electrons. The number of carbonyl (C=O) groups excluding carboxylic acids is 1. The van der Waals surface area contributed by atoms with Gasteiger partial charge in [-0.3, -0.25) is 4.79 Å². The van der Waals surface area contributed by atoms with Gasteiger partial charge in [0.25, 0.3) is 0 Å². The Labute approximate surface area is 583 Å². The van der Waals surface area contributed by atoms with Crippen LogP contribution in [0, 0.1) is 0 Å². The zero-order valence-corrected chi connectivity index (χ0v) is 59.5. The summed E-state index contributed by atoms with van der Waals surface area (Å²) in [6.07, 6.45) is 51.4. The van der Waals surface area contributed by atoms with E-state index < -0.39 is 124 Å². The predicted molar refractivity (Wildman–Crippen MR) is 383 cm³/mol. The molecule has 19 heteroatoms. The average Bonchev–Trinajstić information content (AvgIpc) is 0.809. The molecule has 3 rings (SSSR count). The highest BCUT2D eigenvalue weighted by atomic mass is 16.8. The molecule has 19 nitrogen and oxygen atoms in total. The molecule has 0 aromatic carbocycles. The molecular weight excluding hydrogens is 1240 g/mol. The number of allylic oxidation sites excluding steroid dienone is 15. The lowest BCUT2D eigenvalue weighted by molar-refractivity contribution is -0.379. The Morgan fingerprint density at radius 3 is 1.15 bits per heavy atom. The Morgan fingerprint density at radius 1 is 0.381 bits per heavy atom. The van der Waals surface area contributed by atoms with Gasteiger partial charge in [0, 0.05) is 6.42 Å². The second-order valence-corrected chi connectivity index (χ2v) is 26.7. The molecule has 3 saturated heterocycles. The highest BCUT2D eigenvalue weighted by molar-refractivity contribution is 5.76. The second kappa shape index (κ2) is 58.2. The summed E-state index contributed by atoms with van der Waals surface area (Å²) in [6.45, 7) is 1.55. The summed E-state index contributed by atoms with van der Waals surface area (Å²) >= 11 is 0. The van der Waals surface area contributed by atoms with E-state index in [-0.39, 0.29) is 18.9 Å². The Morgan fingerprint density at radius 2 is 0.722 bits per heavy atom. The number of aliphatic hydroxyl groups excluding tert-OH is 11. The molecule has 17 unspecified atom stereocenters. The molecule has 1 amide bonds. The van der Waals surface area contributed by atoms with Gasteiger partial charge in [0.2, 0.25) is 5.91 Å². The van der Waals surface area contributed by atoms with Crippen molar-refractivity contribution >= 4 is 5.91 Å². The first kappa shape index (κ1) is 87.9. The van der Waals surface area contributed by atoms with Crippen LogP contribution in [0.15, 0.2) is 97.2 Å². The maximum atomic E-state index is 13.4. The maximum absolute atomic E-state index is 13.4. The summed E-state index contributed by atoms with van der Waals surface area (Å²) in [5.74, 6) is -0.290. The molecule has 0 spiro atoms. The fourth-order valence-electron chi connectivity index (χ4n) is 12.3. The fourth-order valence-corrected chi connectivity index (χ4v) is 12.3. The molecule has 3 aliphatic heterocycles. The molecule has 3 aliphatic rings. The molecular formula is C78H135NO18. The minimum Gasteiger partial charge on any atom is -0.394 e. The minimum absolute atomic E-state index is 0.231. The van der Waals surface area contributed by atoms with Crippen molar-refractivity contribution in [2.75, 3.05) is 26.4 Å². The number of carbonyl (C=O) groups is 1. The maximum Gasteiger partial charge on any atom is 0.220 e. The van der Waals surface area contributed by atoms with E-state index in [2.05, 4.69) is 104 Å². The summed E-state index contributed by atoms with van der Waals surface area (Å²) in [4.78, 5) is 13.4. The Balaban J connectivity index is 1.30. The summed E-state index contributed by atoms with van der Waals surface area (Å²) in [7, 11) is 0. The molecule has 0 aromatic heterocycles. The van der Waals surface area contributed by atoms with Crippen molar-refractivity contribution in [2.24, 2.45) is 0 Å². The third-order valence-electron chi connectivity index (χ3n) is 18.3. The summed E-state index contributed by atoms with van der Waals surface area (Å²) in [5.41, 5.74) is 0. The van der Waals surface area contributed by atoms with Crippen LogP contribution in [0.5, 0.6) is 0 Å². The van der Waals surface area contributed by atoms with E-state index >= 15 is 0 Å². The van der Waals surface area contributed by atoms with Gasteiger partial charge < -0.3 is 89.9 Å². The van der Waals surface area contributed by atoms with Crippen molar-refractivity contribution < 1.29 is 89.4 Å². The number of aliphatic hydroxyl groups is 11. The molecule has 97 heavy (non-hydrogen) atoms. The van der Waals surface area contributed by atoms with Crippen LogP contribution in [0.1, 0.15) is 258 Å². The van der Waals surface area contributed by atoms with Gasteiger partial charge in [-0.1, -0.05) is 259 Å². The van der Waals surface area contributed by atoms with Crippen LogP contribution in [0.3, 0.4) is 0 Å². The van der Waals surface area contributed by atoms with E-state index in [1.54, 1.807) is 6.08 Å². The van der Waals surface area contributed by atoms with Gasteiger partial charge in [-0.25, -0.2) is 0 Å². The van der Waals surface area contributed by atoms with Gasteiger partial charge >= 0.3 is 0 Å². The standard InChI is InChI=1S/C78H135NO18/c1-3-5-7-9-11-13-15-17-18-19-20-21-22-23-24-25-26-27-28-29-30-31-32-33-34-35-36-37-38-39-40-41-42-44-46-48-50-52-54-56-66(84)79-61(62(83)55-53-51-49-47-45-43-16-14-12-10-8-6-4-2)60-92-76-72(90)69(87)74(64(58-81)94-76)97-78-73(91)70(88)75(65(59-82)95-78)96-77-71(89)68(86)67(85)63(57-80)93-77/h5,7,11-14,17-18,20-21,23-24,45,47,53,55,61-65,67-78,80-83,85-91H,3-4,6,8-10,15-16,19,22,25-44,46,48-52,54,56-60H2,1-2H3,(H,79,84)/b7-5-,13-11-,14-12+,18-17-,21-20-,24-23-,47-45+,55-53+. The van der Waals surface area contributed by atoms with Gasteiger partial charge in [-0.05, 0) is 89.9 Å².